The van der Waals surface area contributed by atoms with Gasteiger partial charge in [0, 0.05) is 45.6 Å². The Morgan fingerprint density at radius 1 is 0.653 bits per heavy atom. The molecular formula is C39H35N3O6S. The van der Waals surface area contributed by atoms with E-state index in [1.54, 1.807) is 93.1 Å². The van der Waals surface area contributed by atoms with Gasteiger partial charge in [0.15, 0.2) is 0 Å². The number of thioether (sulfide) groups is 1. The third-order valence-electron chi connectivity index (χ3n) is 7.27. The second-order valence-electron chi connectivity index (χ2n) is 10.6. The molecule has 0 heterocycles. The topological polar surface area (TPSA) is 115 Å². The molecule has 0 bridgehead atoms. The molecule has 0 saturated heterocycles. The minimum atomic E-state index is -0.643. The molecule has 5 aromatic carbocycles. The number of benzene rings is 5. The Labute approximate surface area is 289 Å². The lowest BCUT2D eigenvalue weighted by Crippen LogP contribution is -2.30. The first-order valence-corrected chi connectivity index (χ1v) is 16.1. The highest BCUT2D eigenvalue weighted by Gasteiger charge is 2.23. The molecule has 0 spiro atoms. The molecule has 0 aliphatic carbocycles. The second-order valence-corrected chi connectivity index (χ2v) is 11.8. The van der Waals surface area contributed by atoms with Gasteiger partial charge in [0.05, 0.1) is 21.3 Å². The predicted molar refractivity (Wildman–Crippen MR) is 193 cm³/mol. The summed E-state index contributed by atoms with van der Waals surface area (Å²) in [4.78, 5) is 41.3. The lowest BCUT2D eigenvalue weighted by molar-refractivity contribution is -0.116. The summed E-state index contributed by atoms with van der Waals surface area (Å²) in [6, 6.07) is 37.6. The summed E-state index contributed by atoms with van der Waals surface area (Å²) in [7, 11) is 4.63. The third-order valence-corrected chi connectivity index (χ3v) is 8.52. The zero-order chi connectivity index (χ0) is 34.6. The number of hydrogen-bond donors (Lipinski definition) is 3. The lowest BCUT2D eigenvalue weighted by Gasteiger charge is -2.18. The number of nitrogens with one attached hydrogen (secondary N) is 3. The Kier molecular flexibility index (Phi) is 11.7. The summed E-state index contributed by atoms with van der Waals surface area (Å²) in [6.07, 6.45) is 1.57. The minimum Gasteiger partial charge on any atom is -0.497 e. The third kappa shape index (κ3) is 9.30. The number of methoxy groups -OCH3 is 3. The van der Waals surface area contributed by atoms with Crippen LogP contribution in [0.4, 0.5) is 11.4 Å². The Hall–Kier alpha value is -6.00. The molecule has 0 saturated carbocycles. The summed E-state index contributed by atoms with van der Waals surface area (Å²) in [5.74, 6) is 0.389. The average molecular weight is 674 g/mol. The van der Waals surface area contributed by atoms with Crippen LogP contribution in [0.25, 0.3) is 6.08 Å². The SMILES string of the molecule is COc1cc(NC(=O)C(Sc2cccc(NC(=O)/C(=C\c3ccccc3OC)NC(=O)c3ccccc3)c2)c2ccccc2)cc(OC)c1. The number of amides is 3. The molecule has 1 unspecified atom stereocenters. The molecule has 5 aromatic rings. The molecule has 0 radical (unpaired) electrons. The maximum Gasteiger partial charge on any atom is 0.272 e. The summed E-state index contributed by atoms with van der Waals surface area (Å²) in [5, 5.41) is 8.00. The molecule has 0 aliphatic heterocycles. The van der Waals surface area contributed by atoms with Crippen LogP contribution in [0, 0.1) is 0 Å². The number of anilines is 2. The van der Waals surface area contributed by atoms with Crippen LogP contribution >= 0.6 is 11.8 Å². The summed E-state index contributed by atoms with van der Waals surface area (Å²) >= 11 is 1.33. The largest absolute Gasteiger partial charge is 0.497 e. The van der Waals surface area contributed by atoms with E-state index in [-0.39, 0.29) is 11.6 Å². The molecule has 3 N–H and O–H groups in total. The van der Waals surface area contributed by atoms with Gasteiger partial charge in [-0.1, -0.05) is 72.8 Å². The fourth-order valence-electron chi connectivity index (χ4n) is 4.85. The van der Waals surface area contributed by atoms with Crippen molar-refractivity contribution in [1.29, 1.82) is 0 Å². The number of hydrogen-bond acceptors (Lipinski definition) is 7. The lowest BCUT2D eigenvalue weighted by atomic mass is 10.1. The molecule has 49 heavy (non-hydrogen) atoms. The molecule has 5 rings (SSSR count). The monoisotopic (exact) mass is 673 g/mol. The van der Waals surface area contributed by atoms with Gasteiger partial charge in [0.25, 0.3) is 11.8 Å². The van der Waals surface area contributed by atoms with Crippen LogP contribution < -0.4 is 30.2 Å². The van der Waals surface area contributed by atoms with Gasteiger partial charge in [0.1, 0.15) is 28.2 Å². The molecule has 0 aromatic heterocycles. The van der Waals surface area contributed by atoms with E-state index < -0.39 is 17.1 Å². The standard InChI is InChI=1S/C39H35N3O6S/c1-46-31-22-30(23-32(25-31)47-2)41-39(45)36(26-13-6-4-7-14-26)49-33-19-12-18-29(24-33)40-38(44)34(21-28-17-10-11-20-35(28)48-3)42-37(43)27-15-8-5-9-16-27/h4-25,36H,1-3H3,(H,40,44)(H,41,45)(H,42,43)/b34-21+. The van der Waals surface area contributed by atoms with Crippen LogP contribution in [0.15, 0.2) is 138 Å². The van der Waals surface area contributed by atoms with Gasteiger partial charge in [0.2, 0.25) is 5.91 Å². The van der Waals surface area contributed by atoms with Gasteiger partial charge in [-0.3, -0.25) is 14.4 Å². The normalized spacial score (nSPS) is 11.5. The van der Waals surface area contributed by atoms with Crippen molar-refractivity contribution in [2.24, 2.45) is 0 Å². The van der Waals surface area contributed by atoms with E-state index in [9.17, 15) is 14.4 Å². The van der Waals surface area contributed by atoms with Gasteiger partial charge in [-0.05, 0) is 48.0 Å². The van der Waals surface area contributed by atoms with Crippen LogP contribution in [0.3, 0.4) is 0 Å². The van der Waals surface area contributed by atoms with E-state index >= 15 is 0 Å². The van der Waals surface area contributed by atoms with Crippen molar-refractivity contribution in [2.75, 3.05) is 32.0 Å². The molecule has 9 nitrogen and oxygen atoms in total. The van der Waals surface area contributed by atoms with E-state index in [4.69, 9.17) is 14.2 Å². The number of carbonyl (C=O) groups excluding carboxylic acids is 3. The van der Waals surface area contributed by atoms with Crippen molar-refractivity contribution in [3.63, 3.8) is 0 Å². The van der Waals surface area contributed by atoms with Gasteiger partial charge in [-0.25, -0.2) is 0 Å². The number of para-hydroxylation sites is 1. The zero-order valence-electron chi connectivity index (χ0n) is 27.1. The predicted octanol–water partition coefficient (Wildman–Crippen LogP) is 7.59. The Morgan fingerprint density at radius 2 is 1.31 bits per heavy atom. The summed E-state index contributed by atoms with van der Waals surface area (Å²) < 4.78 is 16.2. The van der Waals surface area contributed by atoms with Gasteiger partial charge >= 0.3 is 0 Å². The van der Waals surface area contributed by atoms with E-state index in [1.165, 1.54) is 18.9 Å². The van der Waals surface area contributed by atoms with Crippen molar-refractivity contribution in [2.45, 2.75) is 10.1 Å². The van der Waals surface area contributed by atoms with Crippen LogP contribution in [-0.4, -0.2) is 39.1 Å². The Morgan fingerprint density at radius 3 is 1.98 bits per heavy atom. The van der Waals surface area contributed by atoms with Crippen LogP contribution in [0.5, 0.6) is 17.2 Å². The Balaban J connectivity index is 1.40. The average Bonchev–Trinajstić information content (AvgIpc) is 3.14. The summed E-state index contributed by atoms with van der Waals surface area (Å²) in [5.41, 5.74) is 2.82. The highest BCUT2D eigenvalue weighted by atomic mass is 32.2. The molecule has 248 valence electrons. The van der Waals surface area contributed by atoms with E-state index in [1.807, 2.05) is 54.6 Å². The van der Waals surface area contributed by atoms with Gasteiger partial charge in [-0.15, -0.1) is 11.8 Å². The van der Waals surface area contributed by atoms with Crippen molar-refractivity contribution >= 4 is 46.9 Å². The Bertz CT molecular complexity index is 1930. The van der Waals surface area contributed by atoms with Gasteiger partial charge < -0.3 is 30.2 Å². The fraction of sp³-hybridized carbons (Fsp3) is 0.103. The van der Waals surface area contributed by atoms with E-state index in [0.717, 1.165) is 10.5 Å². The van der Waals surface area contributed by atoms with Crippen molar-refractivity contribution in [1.82, 2.24) is 5.32 Å². The smallest absolute Gasteiger partial charge is 0.272 e. The van der Waals surface area contributed by atoms with Crippen molar-refractivity contribution in [3.8, 4) is 17.2 Å². The van der Waals surface area contributed by atoms with E-state index in [0.29, 0.717) is 39.8 Å². The maximum absolute atomic E-state index is 13.8. The highest BCUT2D eigenvalue weighted by Crippen LogP contribution is 2.38. The first kappa shape index (κ1) is 34.3. The number of rotatable bonds is 13. The van der Waals surface area contributed by atoms with Crippen LogP contribution in [0.1, 0.15) is 26.7 Å². The van der Waals surface area contributed by atoms with Crippen molar-refractivity contribution in [3.05, 3.63) is 150 Å². The first-order valence-electron chi connectivity index (χ1n) is 15.2. The summed E-state index contributed by atoms with van der Waals surface area (Å²) in [6.45, 7) is 0. The quantitative estimate of drug-likeness (QED) is 0.0872. The maximum atomic E-state index is 13.8. The van der Waals surface area contributed by atoms with E-state index in [2.05, 4.69) is 16.0 Å². The van der Waals surface area contributed by atoms with Crippen LogP contribution in [0.2, 0.25) is 0 Å². The molecule has 0 aliphatic rings. The molecule has 10 heteroatoms. The van der Waals surface area contributed by atoms with Gasteiger partial charge in [-0.2, -0.15) is 0 Å². The zero-order valence-corrected chi connectivity index (χ0v) is 28.0. The molecule has 1 atom stereocenters. The van der Waals surface area contributed by atoms with Crippen molar-refractivity contribution < 1.29 is 28.6 Å². The highest BCUT2D eigenvalue weighted by molar-refractivity contribution is 8.00. The fourth-order valence-corrected chi connectivity index (χ4v) is 5.94. The molecule has 3 amide bonds. The number of ether oxygens (including phenoxy) is 3. The number of carbonyl (C=O) groups is 3. The minimum absolute atomic E-state index is 0.0201. The van der Waals surface area contributed by atoms with Crippen LogP contribution in [-0.2, 0) is 9.59 Å². The first-order chi connectivity index (χ1) is 23.9. The molecule has 0 fully saturated rings. The second kappa shape index (κ2) is 16.7. The molecular weight excluding hydrogens is 639 g/mol.